The van der Waals surface area contributed by atoms with Crippen molar-refractivity contribution in [3.8, 4) is 0 Å². The number of carbonyl (C=O) groups is 1. The summed E-state index contributed by atoms with van der Waals surface area (Å²) in [6, 6.07) is 1.12. The van der Waals surface area contributed by atoms with Gasteiger partial charge in [-0.15, -0.1) is 0 Å². The zero-order chi connectivity index (χ0) is 14.3. The Balaban J connectivity index is 2.80. The third-order valence-corrected chi connectivity index (χ3v) is 2.64. The van der Waals surface area contributed by atoms with Gasteiger partial charge >= 0.3 is 5.97 Å². The zero-order valence-corrected chi connectivity index (χ0v) is 11.6. The summed E-state index contributed by atoms with van der Waals surface area (Å²) in [6.07, 6.45) is 2.40. The molecule has 0 fully saturated rings. The molecule has 19 heavy (non-hydrogen) atoms. The van der Waals surface area contributed by atoms with Crippen molar-refractivity contribution >= 4 is 11.8 Å². The minimum absolute atomic E-state index is 0.309. The summed E-state index contributed by atoms with van der Waals surface area (Å²) in [4.78, 5) is 19.6. The summed E-state index contributed by atoms with van der Waals surface area (Å²) < 4.78 is 4.99. The second-order valence-electron chi connectivity index (χ2n) is 4.42. The molecule has 1 aromatic rings. The molecule has 0 bridgehead atoms. The van der Waals surface area contributed by atoms with Gasteiger partial charge < -0.3 is 15.2 Å². The normalized spacial score (nSPS) is 12.2. The molecule has 0 radical (unpaired) electrons. The molecule has 0 unspecified atom stereocenters. The van der Waals surface area contributed by atoms with E-state index < -0.39 is 12.0 Å². The van der Waals surface area contributed by atoms with E-state index in [2.05, 4.69) is 15.3 Å². The minimum Gasteiger partial charge on any atom is -0.480 e. The van der Waals surface area contributed by atoms with Crippen molar-refractivity contribution in [2.45, 2.75) is 45.8 Å². The van der Waals surface area contributed by atoms with Crippen LogP contribution < -0.4 is 5.32 Å². The largest absolute Gasteiger partial charge is 0.480 e. The number of unbranched alkanes of at least 4 members (excludes halogenated alkanes) is 1. The number of anilines is 1. The molecule has 0 aliphatic carbocycles. The molecule has 0 spiro atoms. The summed E-state index contributed by atoms with van der Waals surface area (Å²) >= 11 is 0. The van der Waals surface area contributed by atoms with Gasteiger partial charge in [-0.05, 0) is 13.3 Å². The minimum atomic E-state index is -0.863. The van der Waals surface area contributed by atoms with E-state index in [1.54, 1.807) is 13.2 Å². The highest BCUT2D eigenvalue weighted by Gasteiger charge is 2.17. The van der Waals surface area contributed by atoms with Crippen LogP contribution in [0.3, 0.4) is 0 Å². The third-order valence-electron chi connectivity index (χ3n) is 2.64. The molecule has 0 saturated heterocycles. The van der Waals surface area contributed by atoms with Crippen LogP contribution in [0.1, 0.15) is 37.7 Å². The number of nitrogens with zero attached hydrogens (tertiary/aromatic N) is 2. The van der Waals surface area contributed by atoms with E-state index in [0.717, 1.165) is 18.5 Å². The van der Waals surface area contributed by atoms with Gasteiger partial charge in [0.15, 0.2) is 5.82 Å². The summed E-state index contributed by atoms with van der Waals surface area (Å²) in [6.45, 7) is 4.18. The number of nitrogens with one attached hydrogen (secondary N) is 1. The van der Waals surface area contributed by atoms with Gasteiger partial charge in [-0.2, -0.15) is 0 Å². The van der Waals surface area contributed by atoms with Crippen molar-refractivity contribution in [1.82, 2.24) is 9.97 Å². The number of rotatable bonds is 8. The average Bonchev–Trinajstić information content (AvgIpc) is 2.33. The van der Waals surface area contributed by atoms with Crippen LogP contribution in [0.5, 0.6) is 0 Å². The first-order chi connectivity index (χ1) is 9.06. The lowest BCUT2D eigenvalue weighted by Crippen LogP contribution is -2.29. The molecular weight excluding hydrogens is 246 g/mol. The number of aryl methyl sites for hydroxylation is 1. The van der Waals surface area contributed by atoms with E-state index in [4.69, 9.17) is 4.74 Å². The average molecular weight is 267 g/mol. The Morgan fingerprint density at radius 3 is 2.84 bits per heavy atom. The van der Waals surface area contributed by atoms with Crippen LogP contribution in [-0.4, -0.2) is 34.2 Å². The van der Waals surface area contributed by atoms with E-state index in [1.807, 2.05) is 13.8 Å². The molecule has 1 heterocycles. The number of carboxylic acids is 1. The molecule has 0 saturated carbocycles. The summed E-state index contributed by atoms with van der Waals surface area (Å²) in [7, 11) is 1.57. The number of carboxylic acid groups (broad SMARTS) is 1. The van der Waals surface area contributed by atoms with Crippen LogP contribution in [0.15, 0.2) is 6.07 Å². The first-order valence-electron chi connectivity index (χ1n) is 6.39. The fraction of sp³-hybridized carbons (Fsp3) is 0.615. The van der Waals surface area contributed by atoms with Crippen LogP contribution in [0.25, 0.3) is 0 Å². The molecule has 1 atom stereocenters. The second kappa shape index (κ2) is 7.68. The first kappa shape index (κ1) is 15.4. The van der Waals surface area contributed by atoms with Crippen LogP contribution >= 0.6 is 0 Å². The van der Waals surface area contributed by atoms with Gasteiger partial charge in [-0.25, -0.2) is 14.8 Å². The maximum absolute atomic E-state index is 11.2. The fourth-order valence-corrected chi connectivity index (χ4v) is 1.74. The van der Waals surface area contributed by atoms with Gasteiger partial charge in [0.1, 0.15) is 18.5 Å². The molecule has 0 aliphatic heterocycles. The number of aromatic nitrogens is 2. The van der Waals surface area contributed by atoms with E-state index in [-0.39, 0.29) is 0 Å². The highest BCUT2D eigenvalue weighted by atomic mass is 16.5. The maximum atomic E-state index is 11.2. The summed E-state index contributed by atoms with van der Waals surface area (Å²) in [5.41, 5.74) is 0.782. The number of hydrogen-bond donors (Lipinski definition) is 2. The number of hydrogen-bond acceptors (Lipinski definition) is 5. The van der Waals surface area contributed by atoms with Crippen molar-refractivity contribution in [3.05, 3.63) is 17.6 Å². The number of ether oxygens (including phenoxy) is 1. The van der Waals surface area contributed by atoms with Crippen LogP contribution in [0, 0.1) is 6.92 Å². The predicted octanol–water partition coefficient (Wildman–Crippen LogP) is 1.99. The fourth-order valence-electron chi connectivity index (χ4n) is 1.74. The Hall–Kier alpha value is -1.69. The van der Waals surface area contributed by atoms with Gasteiger partial charge in [-0.1, -0.05) is 19.8 Å². The van der Waals surface area contributed by atoms with E-state index in [1.165, 1.54) is 0 Å². The molecule has 6 heteroatoms. The molecular formula is C13H21N3O3. The molecule has 0 aliphatic rings. The lowest BCUT2D eigenvalue weighted by Gasteiger charge is -2.15. The summed E-state index contributed by atoms with van der Waals surface area (Å²) in [5.74, 6) is 0.214. The molecule has 2 N–H and O–H groups in total. The Labute approximate surface area is 113 Å². The quantitative estimate of drug-likeness (QED) is 0.749. The van der Waals surface area contributed by atoms with Crippen LogP contribution in [-0.2, 0) is 16.1 Å². The highest BCUT2D eigenvalue weighted by molar-refractivity contribution is 5.76. The second-order valence-corrected chi connectivity index (χ2v) is 4.42. The van der Waals surface area contributed by atoms with Gasteiger partial charge in [0, 0.05) is 18.9 Å². The van der Waals surface area contributed by atoms with Gasteiger partial charge in [-0.3, -0.25) is 0 Å². The van der Waals surface area contributed by atoms with Crippen molar-refractivity contribution in [2.24, 2.45) is 0 Å². The highest BCUT2D eigenvalue weighted by Crippen LogP contribution is 2.11. The Morgan fingerprint density at radius 2 is 2.26 bits per heavy atom. The molecule has 106 valence electrons. The molecule has 6 nitrogen and oxygen atoms in total. The molecule has 0 aromatic carbocycles. The zero-order valence-electron chi connectivity index (χ0n) is 11.6. The van der Waals surface area contributed by atoms with Gasteiger partial charge in [0.25, 0.3) is 0 Å². The molecule has 1 rings (SSSR count). The first-order valence-corrected chi connectivity index (χ1v) is 6.39. The van der Waals surface area contributed by atoms with E-state index in [0.29, 0.717) is 24.7 Å². The van der Waals surface area contributed by atoms with Crippen LogP contribution in [0.2, 0.25) is 0 Å². The van der Waals surface area contributed by atoms with Crippen molar-refractivity contribution in [1.29, 1.82) is 0 Å². The monoisotopic (exact) mass is 267 g/mol. The lowest BCUT2D eigenvalue weighted by atomic mass is 10.1. The molecule has 1 aromatic heterocycles. The predicted molar refractivity (Wildman–Crippen MR) is 72.1 cm³/mol. The Bertz CT molecular complexity index is 424. The standard InChI is InChI=1S/C13H21N3O3/c1-4-5-6-10(13(17)18)15-11-7-9(2)14-12(16-11)8-19-3/h7,10H,4-6,8H2,1-3H3,(H,17,18)(H,14,15,16)/t10-/m0/s1. The lowest BCUT2D eigenvalue weighted by molar-refractivity contribution is -0.138. The number of methoxy groups -OCH3 is 1. The number of aliphatic carboxylic acids is 1. The van der Waals surface area contributed by atoms with Crippen molar-refractivity contribution in [3.63, 3.8) is 0 Å². The Morgan fingerprint density at radius 1 is 1.53 bits per heavy atom. The van der Waals surface area contributed by atoms with Gasteiger partial charge in [0.05, 0.1) is 0 Å². The third kappa shape index (κ3) is 5.21. The SMILES string of the molecule is CCCC[C@H](Nc1cc(C)nc(COC)n1)C(=O)O. The van der Waals surface area contributed by atoms with E-state index in [9.17, 15) is 9.90 Å². The maximum Gasteiger partial charge on any atom is 0.326 e. The topological polar surface area (TPSA) is 84.3 Å². The van der Waals surface area contributed by atoms with Crippen LogP contribution in [0.4, 0.5) is 5.82 Å². The van der Waals surface area contributed by atoms with E-state index >= 15 is 0 Å². The summed E-state index contributed by atoms with van der Waals surface area (Å²) in [5, 5.41) is 12.1. The molecule has 0 amide bonds. The Kier molecular flexibility index (Phi) is 6.21. The van der Waals surface area contributed by atoms with Crippen molar-refractivity contribution in [2.75, 3.05) is 12.4 Å². The van der Waals surface area contributed by atoms with Crippen molar-refractivity contribution < 1.29 is 14.6 Å². The smallest absolute Gasteiger partial charge is 0.326 e. The van der Waals surface area contributed by atoms with Gasteiger partial charge in [0.2, 0.25) is 0 Å².